The van der Waals surface area contributed by atoms with Gasteiger partial charge >= 0.3 is 5.97 Å². The van der Waals surface area contributed by atoms with E-state index >= 15 is 0 Å². The molecule has 3 rings (SSSR count). The lowest BCUT2D eigenvalue weighted by Gasteiger charge is -2.06. The number of ether oxygens (including phenoxy) is 1. The van der Waals surface area contributed by atoms with Gasteiger partial charge in [0.25, 0.3) is 0 Å². The predicted molar refractivity (Wildman–Crippen MR) is 97.8 cm³/mol. The van der Waals surface area contributed by atoms with E-state index < -0.39 is 5.97 Å². The van der Waals surface area contributed by atoms with Crippen LogP contribution in [0.3, 0.4) is 0 Å². The lowest BCUT2D eigenvalue weighted by atomic mass is 10.1. The largest absolute Gasteiger partial charge is 0.457 e. The van der Waals surface area contributed by atoms with Crippen LogP contribution >= 0.6 is 11.6 Å². The highest BCUT2D eigenvalue weighted by Crippen LogP contribution is 2.22. The normalized spacial score (nSPS) is 10.8. The van der Waals surface area contributed by atoms with Crippen molar-refractivity contribution < 1.29 is 13.9 Å². The maximum atomic E-state index is 12.9. The Kier molecular flexibility index (Phi) is 5.38. The number of benzene rings is 2. The molecule has 0 fully saturated rings. The first kappa shape index (κ1) is 18.1. The van der Waals surface area contributed by atoms with Crippen molar-refractivity contribution in [2.75, 3.05) is 0 Å². The van der Waals surface area contributed by atoms with Crippen molar-refractivity contribution in [2.24, 2.45) is 0 Å². The highest BCUT2D eigenvalue weighted by molar-refractivity contribution is 6.32. The molecular weight excluding hydrogens is 355 g/mol. The minimum Gasteiger partial charge on any atom is -0.457 e. The van der Waals surface area contributed by atoms with E-state index in [1.165, 1.54) is 17.7 Å². The summed E-state index contributed by atoms with van der Waals surface area (Å²) >= 11 is 6.36. The Hall–Kier alpha value is -2.66. The molecular formula is C20H18ClFN2O2. The molecule has 0 radical (unpaired) electrons. The number of carbonyl (C=O) groups is 1. The third-order valence-electron chi connectivity index (χ3n) is 4.01. The first-order valence-electron chi connectivity index (χ1n) is 8.14. The summed E-state index contributed by atoms with van der Waals surface area (Å²) in [5, 5.41) is 4.59. The number of esters is 1. The molecule has 1 aromatic heterocycles. The number of hydrogen-bond donors (Lipinski definition) is 0. The van der Waals surface area contributed by atoms with Gasteiger partial charge in [-0.2, -0.15) is 5.10 Å². The number of nitrogens with zero attached hydrogens (tertiary/aromatic N) is 2. The zero-order valence-electron chi connectivity index (χ0n) is 14.5. The SMILES string of the molecule is Cc1ccc(Cn2nc(C)c(C(=O)OCc3ccc(F)cc3)c2Cl)cc1. The van der Waals surface area contributed by atoms with Crippen LogP contribution in [0.1, 0.15) is 32.7 Å². The van der Waals surface area contributed by atoms with Crippen LogP contribution in [0.2, 0.25) is 5.15 Å². The topological polar surface area (TPSA) is 44.1 Å². The van der Waals surface area contributed by atoms with Gasteiger partial charge in [-0.1, -0.05) is 53.6 Å². The van der Waals surface area contributed by atoms with Crippen LogP contribution in [0.25, 0.3) is 0 Å². The number of aromatic nitrogens is 2. The smallest absolute Gasteiger partial charge is 0.343 e. The van der Waals surface area contributed by atoms with Crippen molar-refractivity contribution in [1.82, 2.24) is 9.78 Å². The van der Waals surface area contributed by atoms with E-state index in [2.05, 4.69) is 5.10 Å². The van der Waals surface area contributed by atoms with Crippen LogP contribution in [-0.4, -0.2) is 15.7 Å². The Morgan fingerprint density at radius 3 is 2.35 bits per heavy atom. The molecule has 0 aliphatic carbocycles. The van der Waals surface area contributed by atoms with Gasteiger partial charge in [-0.15, -0.1) is 0 Å². The number of hydrogen-bond acceptors (Lipinski definition) is 3. The minimum absolute atomic E-state index is 0.0397. The monoisotopic (exact) mass is 372 g/mol. The van der Waals surface area contributed by atoms with Crippen LogP contribution in [0.4, 0.5) is 4.39 Å². The molecule has 0 saturated carbocycles. The number of halogens is 2. The summed E-state index contributed by atoms with van der Waals surface area (Å²) in [6, 6.07) is 13.8. The quantitative estimate of drug-likeness (QED) is 0.610. The Morgan fingerprint density at radius 1 is 1.08 bits per heavy atom. The van der Waals surface area contributed by atoms with E-state index in [0.717, 1.165) is 5.56 Å². The van der Waals surface area contributed by atoms with Gasteiger partial charge < -0.3 is 4.74 Å². The maximum absolute atomic E-state index is 12.9. The molecule has 0 aliphatic heterocycles. The summed E-state index contributed by atoms with van der Waals surface area (Å²) in [6.45, 7) is 4.24. The molecule has 26 heavy (non-hydrogen) atoms. The Bertz CT molecular complexity index is 918. The van der Waals surface area contributed by atoms with Crippen molar-refractivity contribution in [2.45, 2.75) is 27.0 Å². The molecule has 0 aliphatic rings. The zero-order chi connectivity index (χ0) is 18.7. The molecule has 0 spiro atoms. The van der Waals surface area contributed by atoms with Gasteiger partial charge in [-0.25, -0.2) is 13.9 Å². The van der Waals surface area contributed by atoms with Crippen molar-refractivity contribution in [3.63, 3.8) is 0 Å². The lowest BCUT2D eigenvalue weighted by Crippen LogP contribution is -2.07. The predicted octanol–water partition coefficient (Wildman–Crippen LogP) is 4.70. The van der Waals surface area contributed by atoms with Crippen LogP contribution in [0.15, 0.2) is 48.5 Å². The van der Waals surface area contributed by atoms with Crippen molar-refractivity contribution >= 4 is 17.6 Å². The standard InChI is InChI=1S/C20H18ClFN2O2/c1-13-3-5-15(6-4-13)11-24-19(21)18(14(2)23-24)20(25)26-12-16-7-9-17(22)10-8-16/h3-10H,11-12H2,1-2H3. The number of aryl methyl sites for hydroxylation is 2. The Labute approximate surface area is 156 Å². The molecule has 3 aromatic rings. The summed E-state index contributed by atoms with van der Waals surface area (Å²) in [5.41, 5.74) is 3.65. The fourth-order valence-corrected chi connectivity index (χ4v) is 2.87. The molecule has 0 amide bonds. The van der Waals surface area contributed by atoms with E-state index in [1.54, 1.807) is 23.7 Å². The molecule has 2 aromatic carbocycles. The molecule has 0 atom stereocenters. The molecule has 0 bridgehead atoms. The molecule has 0 N–H and O–H groups in total. The summed E-state index contributed by atoms with van der Waals surface area (Å²) in [4.78, 5) is 12.4. The fourth-order valence-electron chi connectivity index (χ4n) is 2.56. The van der Waals surface area contributed by atoms with Crippen molar-refractivity contribution in [3.8, 4) is 0 Å². The highest BCUT2D eigenvalue weighted by atomic mass is 35.5. The molecule has 6 heteroatoms. The van der Waals surface area contributed by atoms with Gasteiger partial charge in [0.1, 0.15) is 23.1 Å². The zero-order valence-corrected chi connectivity index (χ0v) is 15.3. The Balaban J connectivity index is 1.73. The average molecular weight is 373 g/mol. The summed E-state index contributed by atoms with van der Waals surface area (Å²) in [6.07, 6.45) is 0. The van der Waals surface area contributed by atoms with Gasteiger partial charge in [0, 0.05) is 0 Å². The summed E-state index contributed by atoms with van der Waals surface area (Å²) < 4.78 is 19.8. The number of rotatable bonds is 5. The van der Waals surface area contributed by atoms with E-state index in [-0.39, 0.29) is 23.1 Å². The van der Waals surface area contributed by atoms with Crippen LogP contribution in [-0.2, 0) is 17.9 Å². The number of carbonyl (C=O) groups excluding carboxylic acids is 1. The Morgan fingerprint density at radius 2 is 1.69 bits per heavy atom. The third kappa shape index (κ3) is 4.11. The van der Waals surface area contributed by atoms with E-state index in [0.29, 0.717) is 17.8 Å². The molecule has 4 nitrogen and oxygen atoms in total. The van der Waals surface area contributed by atoms with E-state index in [4.69, 9.17) is 16.3 Å². The average Bonchev–Trinajstić information content (AvgIpc) is 2.90. The van der Waals surface area contributed by atoms with E-state index in [1.807, 2.05) is 31.2 Å². The molecule has 1 heterocycles. The first-order chi connectivity index (χ1) is 12.4. The summed E-state index contributed by atoms with van der Waals surface area (Å²) in [7, 11) is 0. The van der Waals surface area contributed by atoms with Gasteiger partial charge in [0.05, 0.1) is 12.2 Å². The minimum atomic E-state index is -0.549. The van der Waals surface area contributed by atoms with E-state index in [9.17, 15) is 9.18 Å². The van der Waals surface area contributed by atoms with Crippen LogP contribution in [0.5, 0.6) is 0 Å². The van der Waals surface area contributed by atoms with Crippen LogP contribution in [0, 0.1) is 19.7 Å². The van der Waals surface area contributed by atoms with Crippen LogP contribution < -0.4 is 0 Å². The maximum Gasteiger partial charge on any atom is 0.343 e. The van der Waals surface area contributed by atoms with Gasteiger partial charge in [0.15, 0.2) is 0 Å². The lowest BCUT2D eigenvalue weighted by molar-refractivity contribution is 0.0472. The second-order valence-corrected chi connectivity index (χ2v) is 6.46. The molecule has 134 valence electrons. The fraction of sp³-hybridized carbons (Fsp3) is 0.200. The second-order valence-electron chi connectivity index (χ2n) is 6.10. The first-order valence-corrected chi connectivity index (χ1v) is 8.52. The third-order valence-corrected chi connectivity index (χ3v) is 4.39. The molecule has 0 saturated heterocycles. The summed E-state index contributed by atoms with van der Waals surface area (Å²) in [5.74, 6) is -0.886. The van der Waals surface area contributed by atoms with Gasteiger partial charge in [-0.3, -0.25) is 0 Å². The highest BCUT2D eigenvalue weighted by Gasteiger charge is 2.21. The second kappa shape index (κ2) is 7.70. The van der Waals surface area contributed by atoms with Crippen molar-refractivity contribution in [1.29, 1.82) is 0 Å². The van der Waals surface area contributed by atoms with Gasteiger partial charge in [0.2, 0.25) is 0 Å². The van der Waals surface area contributed by atoms with Crippen molar-refractivity contribution in [3.05, 3.63) is 87.4 Å². The van der Waals surface area contributed by atoms with Gasteiger partial charge in [-0.05, 0) is 37.1 Å². The molecule has 0 unspecified atom stereocenters.